The average Bonchev–Trinajstić information content (AvgIpc) is 2.54. The second-order valence-corrected chi connectivity index (χ2v) is 5.42. The maximum atomic E-state index is 11.9. The van der Waals surface area contributed by atoms with E-state index in [2.05, 4.69) is 10.6 Å². The van der Waals surface area contributed by atoms with Crippen LogP contribution in [0.25, 0.3) is 0 Å². The number of carbonyl (C=O) groups excluding carboxylic acids is 1. The van der Waals surface area contributed by atoms with Crippen molar-refractivity contribution in [2.45, 2.75) is 64.5 Å². The van der Waals surface area contributed by atoms with E-state index in [-0.39, 0.29) is 18.0 Å². The molecule has 19 heavy (non-hydrogen) atoms. The molecule has 0 aliphatic heterocycles. The van der Waals surface area contributed by atoms with E-state index in [9.17, 15) is 14.7 Å². The van der Waals surface area contributed by atoms with Crippen molar-refractivity contribution in [2.75, 3.05) is 6.54 Å². The maximum absolute atomic E-state index is 11.9. The number of nitrogens with one attached hydrogen (secondary N) is 2. The summed E-state index contributed by atoms with van der Waals surface area (Å²) >= 11 is 0. The number of carboxylic acids is 1. The highest BCUT2D eigenvalue weighted by Crippen LogP contribution is 2.23. The number of amides is 1. The van der Waals surface area contributed by atoms with Crippen LogP contribution in [0.3, 0.4) is 0 Å². The highest BCUT2D eigenvalue weighted by Gasteiger charge is 2.30. The van der Waals surface area contributed by atoms with Gasteiger partial charge in [-0.05, 0) is 26.3 Å². The Morgan fingerprint density at radius 2 is 1.95 bits per heavy atom. The van der Waals surface area contributed by atoms with Gasteiger partial charge in [0, 0.05) is 18.5 Å². The van der Waals surface area contributed by atoms with Gasteiger partial charge in [-0.3, -0.25) is 9.59 Å². The second-order valence-electron chi connectivity index (χ2n) is 5.42. The van der Waals surface area contributed by atoms with Gasteiger partial charge in [0.2, 0.25) is 5.91 Å². The van der Waals surface area contributed by atoms with Crippen molar-refractivity contribution < 1.29 is 14.7 Å². The van der Waals surface area contributed by atoms with Crippen molar-refractivity contribution in [1.29, 1.82) is 0 Å². The molecule has 5 heteroatoms. The van der Waals surface area contributed by atoms with Gasteiger partial charge in [0.25, 0.3) is 0 Å². The molecule has 1 aliphatic carbocycles. The van der Waals surface area contributed by atoms with Crippen LogP contribution in [-0.2, 0) is 9.59 Å². The SMILES string of the molecule is CCNC(C)CC(=O)NC1CCCCCC1C(=O)O. The van der Waals surface area contributed by atoms with Crippen LogP contribution in [0, 0.1) is 5.92 Å². The third-order valence-electron chi connectivity index (χ3n) is 3.72. The van der Waals surface area contributed by atoms with E-state index >= 15 is 0 Å². The van der Waals surface area contributed by atoms with Gasteiger partial charge in [0.05, 0.1) is 5.92 Å². The van der Waals surface area contributed by atoms with E-state index < -0.39 is 11.9 Å². The summed E-state index contributed by atoms with van der Waals surface area (Å²) in [5, 5.41) is 15.4. The first-order valence-corrected chi connectivity index (χ1v) is 7.30. The summed E-state index contributed by atoms with van der Waals surface area (Å²) in [4.78, 5) is 23.2. The van der Waals surface area contributed by atoms with Gasteiger partial charge in [0.15, 0.2) is 0 Å². The highest BCUT2D eigenvalue weighted by atomic mass is 16.4. The lowest BCUT2D eigenvalue weighted by Crippen LogP contribution is -2.44. The Morgan fingerprint density at radius 3 is 2.58 bits per heavy atom. The molecule has 3 unspecified atom stereocenters. The summed E-state index contributed by atoms with van der Waals surface area (Å²) in [7, 11) is 0. The van der Waals surface area contributed by atoms with Crippen LogP contribution in [0.5, 0.6) is 0 Å². The number of carboxylic acid groups (broad SMARTS) is 1. The number of carbonyl (C=O) groups is 2. The summed E-state index contributed by atoms with van der Waals surface area (Å²) in [6, 6.07) is -0.0830. The first kappa shape index (κ1) is 16.0. The van der Waals surface area contributed by atoms with Gasteiger partial charge < -0.3 is 15.7 Å². The first-order valence-electron chi connectivity index (χ1n) is 7.30. The van der Waals surface area contributed by atoms with Gasteiger partial charge in [0.1, 0.15) is 0 Å². The van der Waals surface area contributed by atoms with Crippen molar-refractivity contribution in [2.24, 2.45) is 5.92 Å². The molecule has 1 rings (SSSR count). The predicted octanol–water partition coefficient (Wildman–Crippen LogP) is 1.52. The fraction of sp³-hybridized carbons (Fsp3) is 0.857. The average molecular weight is 270 g/mol. The molecule has 0 aromatic carbocycles. The molecule has 3 N–H and O–H groups in total. The van der Waals surface area contributed by atoms with Gasteiger partial charge in [-0.25, -0.2) is 0 Å². The van der Waals surface area contributed by atoms with Crippen molar-refractivity contribution in [3.05, 3.63) is 0 Å². The fourth-order valence-electron chi connectivity index (χ4n) is 2.74. The molecule has 110 valence electrons. The van der Waals surface area contributed by atoms with E-state index in [0.717, 1.165) is 32.2 Å². The molecule has 0 bridgehead atoms. The van der Waals surface area contributed by atoms with Crippen molar-refractivity contribution in [3.8, 4) is 0 Å². The van der Waals surface area contributed by atoms with Crippen molar-refractivity contribution in [1.82, 2.24) is 10.6 Å². The minimum absolute atomic E-state index is 0.0494. The number of hydrogen-bond donors (Lipinski definition) is 3. The van der Waals surface area contributed by atoms with E-state index in [1.54, 1.807) is 0 Å². The third kappa shape index (κ3) is 5.59. The van der Waals surface area contributed by atoms with Gasteiger partial charge in [-0.1, -0.05) is 26.2 Å². The number of hydrogen-bond acceptors (Lipinski definition) is 3. The molecule has 0 aromatic rings. The molecule has 1 saturated carbocycles. The predicted molar refractivity (Wildman–Crippen MR) is 73.9 cm³/mol. The zero-order valence-corrected chi connectivity index (χ0v) is 11.9. The summed E-state index contributed by atoms with van der Waals surface area (Å²) < 4.78 is 0. The fourth-order valence-corrected chi connectivity index (χ4v) is 2.74. The largest absolute Gasteiger partial charge is 0.481 e. The van der Waals surface area contributed by atoms with E-state index in [1.165, 1.54) is 0 Å². The topological polar surface area (TPSA) is 78.4 Å². The molecular formula is C14H26N2O3. The Balaban J connectivity index is 2.51. The Kier molecular flexibility index (Phi) is 6.84. The van der Waals surface area contributed by atoms with E-state index in [4.69, 9.17) is 0 Å². The Hall–Kier alpha value is -1.10. The van der Waals surface area contributed by atoms with Crippen LogP contribution in [0.2, 0.25) is 0 Å². The third-order valence-corrected chi connectivity index (χ3v) is 3.72. The summed E-state index contributed by atoms with van der Waals surface area (Å²) in [5.74, 6) is -1.26. The summed E-state index contributed by atoms with van der Waals surface area (Å²) in [5.41, 5.74) is 0. The molecule has 3 atom stereocenters. The molecule has 0 radical (unpaired) electrons. The van der Waals surface area contributed by atoms with Gasteiger partial charge in [-0.15, -0.1) is 0 Å². The number of aliphatic carboxylic acids is 1. The number of rotatable bonds is 6. The van der Waals surface area contributed by atoms with Crippen LogP contribution < -0.4 is 10.6 Å². The molecular weight excluding hydrogens is 244 g/mol. The molecule has 0 spiro atoms. The quantitative estimate of drug-likeness (QED) is 0.639. The molecule has 1 aliphatic rings. The molecule has 0 saturated heterocycles. The monoisotopic (exact) mass is 270 g/mol. The van der Waals surface area contributed by atoms with Gasteiger partial charge >= 0.3 is 5.97 Å². The molecule has 1 fully saturated rings. The van der Waals surface area contributed by atoms with Crippen LogP contribution in [-0.4, -0.2) is 35.6 Å². The lowest BCUT2D eigenvalue weighted by atomic mass is 9.94. The first-order chi connectivity index (χ1) is 9.04. The zero-order chi connectivity index (χ0) is 14.3. The standard InChI is InChI=1S/C14H26N2O3/c1-3-15-10(2)9-13(17)16-12-8-6-4-5-7-11(12)14(18)19/h10-12,15H,3-9H2,1-2H3,(H,16,17)(H,18,19). The lowest BCUT2D eigenvalue weighted by Gasteiger charge is -2.23. The second kappa shape index (κ2) is 8.15. The van der Waals surface area contributed by atoms with E-state index in [0.29, 0.717) is 12.8 Å². The molecule has 0 heterocycles. The summed E-state index contributed by atoms with van der Waals surface area (Å²) in [6.07, 6.45) is 4.84. The Labute approximate surface area is 115 Å². The van der Waals surface area contributed by atoms with Crippen molar-refractivity contribution in [3.63, 3.8) is 0 Å². The van der Waals surface area contributed by atoms with Crippen LogP contribution in [0.1, 0.15) is 52.4 Å². The molecule has 0 aromatic heterocycles. The lowest BCUT2D eigenvalue weighted by molar-refractivity contribution is -0.143. The normalized spacial score (nSPS) is 25.4. The Morgan fingerprint density at radius 1 is 1.26 bits per heavy atom. The minimum atomic E-state index is -0.785. The van der Waals surface area contributed by atoms with Crippen molar-refractivity contribution >= 4 is 11.9 Å². The zero-order valence-electron chi connectivity index (χ0n) is 11.9. The molecule has 1 amide bonds. The highest BCUT2D eigenvalue weighted by molar-refractivity contribution is 5.78. The molecule has 5 nitrogen and oxygen atoms in total. The van der Waals surface area contributed by atoms with Crippen LogP contribution >= 0.6 is 0 Å². The Bertz CT molecular complexity index is 307. The van der Waals surface area contributed by atoms with E-state index in [1.807, 2.05) is 13.8 Å². The van der Waals surface area contributed by atoms with Crippen LogP contribution in [0.15, 0.2) is 0 Å². The maximum Gasteiger partial charge on any atom is 0.308 e. The van der Waals surface area contributed by atoms with Gasteiger partial charge in [-0.2, -0.15) is 0 Å². The summed E-state index contributed by atoms with van der Waals surface area (Å²) in [6.45, 7) is 4.79. The smallest absolute Gasteiger partial charge is 0.308 e. The van der Waals surface area contributed by atoms with Crippen LogP contribution in [0.4, 0.5) is 0 Å². The minimum Gasteiger partial charge on any atom is -0.481 e.